The van der Waals surface area contributed by atoms with Gasteiger partial charge in [-0.05, 0) is 19.1 Å². The Hall–Kier alpha value is -2.69. The Balaban J connectivity index is 2.62. The van der Waals surface area contributed by atoms with Gasteiger partial charge in [0.1, 0.15) is 18.3 Å². The quantitative estimate of drug-likeness (QED) is 0.315. The molecule has 0 saturated heterocycles. The van der Waals surface area contributed by atoms with Crippen molar-refractivity contribution in [3.63, 3.8) is 0 Å². The fourth-order valence-electron chi connectivity index (χ4n) is 1.56. The molecule has 0 fully saturated rings. The van der Waals surface area contributed by atoms with Crippen molar-refractivity contribution in [2.24, 2.45) is 0 Å². The van der Waals surface area contributed by atoms with Gasteiger partial charge in [0.2, 0.25) is 0 Å². The number of para-hydroxylation sites is 1. The highest BCUT2D eigenvalue weighted by Gasteiger charge is 2.23. The normalized spacial score (nSPS) is 11.0. The lowest BCUT2D eigenvalue weighted by Gasteiger charge is -2.14. The number of carbonyl (C=O) groups is 2. The SMILES string of the molecule is C=C(C)C(=O)OCC(=C=O)CC(OC)C(=O)Oc1ccccc1. The van der Waals surface area contributed by atoms with E-state index < -0.39 is 18.0 Å². The van der Waals surface area contributed by atoms with Gasteiger partial charge in [-0.25, -0.2) is 14.4 Å². The van der Waals surface area contributed by atoms with Crippen LogP contribution in [0.25, 0.3) is 0 Å². The van der Waals surface area contributed by atoms with Gasteiger partial charge in [0, 0.05) is 19.1 Å². The summed E-state index contributed by atoms with van der Waals surface area (Å²) in [6.07, 6.45) is -1.09. The maximum absolute atomic E-state index is 12.0. The van der Waals surface area contributed by atoms with Crippen LogP contribution in [-0.2, 0) is 23.9 Å². The zero-order valence-electron chi connectivity index (χ0n) is 13.0. The average molecular weight is 318 g/mol. The number of hydrogen-bond donors (Lipinski definition) is 0. The van der Waals surface area contributed by atoms with Crippen molar-refractivity contribution < 1.29 is 28.6 Å². The van der Waals surface area contributed by atoms with E-state index in [9.17, 15) is 14.4 Å². The molecule has 0 aromatic heterocycles. The van der Waals surface area contributed by atoms with E-state index in [2.05, 4.69) is 6.58 Å². The number of esters is 2. The Labute approximate surface area is 134 Å². The van der Waals surface area contributed by atoms with Gasteiger partial charge in [0.25, 0.3) is 0 Å². The van der Waals surface area contributed by atoms with Gasteiger partial charge in [-0.15, -0.1) is 0 Å². The Kier molecular flexibility index (Phi) is 7.47. The minimum atomic E-state index is -1.00. The number of carbonyl (C=O) groups excluding carboxylic acids is 3. The lowest BCUT2D eigenvalue weighted by atomic mass is 10.1. The second-order valence-electron chi connectivity index (χ2n) is 4.72. The molecule has 6 heteroatoms. The van der Waals surface area contributed by atoms with Crippen LogP contribution in [0.5, 0.6) is 5.75 Å². The topological polar surface area (TPSA) is 78.9 Å². The van der Waals surface area contributed by atoms with Crippen molar-refractivity contribution in [2.45, 2.75) is 19.4 Å². The third-order valence-electron chi connectivity index (χ3n) is 2.81. The van der Waals surface area contributed by atoms with Crippen LogP contribution in [0.1, 0.15) is 13.3 Å². The maximum atomic E-state index is 12.0. The molecule has 122 valence electrons. The molecular formula is C17H18O6. The van der Waals surface area contributed by atoms with Gasteiger partial charge in [-0.3, -0.25) is 0 Å². The van der Waals surface area contributed by atoms with Crippen LogP contribution in [-0.4, -0.2) is 37.7 Å². The summed E-state index contributed by atoms with van der Waals surface area (Å²) in [5, 5.41) is 0. The number of methoxy groups -OCH3 is 1. The highest BCUT2D eigenvalue weighted by molar-refractivity contribution is 5.87. The molecule has 1 unspecified atom stereocenters. The third-order valence-corrected chi connectivity index (χ3v) is 2.81. The molecule has 0 N–H and O–H groups in total. The first-order valence-corrected chi connectivity index (χ1v) is 6.83. The van der Waals surface area contributed by atoms with Crippen LogP contribution in [0.2, 0.25) is 0 Å². The number of ether oxygens (including phenoxy) is 3. The highest BCUT2D eigenvalue weighted by atomic mass is 16.6. The predicted octanol–water partition coefficient (Wildman–Crippen LogP) is 1.87. The maximum Gasteiger partial charge on any atom is 0.340 e. The fraction of sp³-hybridized carbons (Fsp3) is 0.294. The minimum absolute atomic E-state index is 0.0801. The van der Waals surface area contributed by atoms with E-state index in [1.165, 1.54) is 14.0 Å². The number of benzene rings is 1. The summed E-state index contributed by atoms with van der Waals surface area (Å²) in [5.41, 5.74) is 0.290. The number of hydrogen-bond acceptors (Lipinski definition) is 6. The van der Waals surface area contributed by atoms with Crippen LogP contribution < -0.4 is 4.74 Å². The van der Waals surface area contributed by atoms with E-state index in [0.29, 0.717) is 5.75 Å². The van der Waals surface area contributed by atoms with Gasteiger partial charge in [-0.2, -0.15) is 0 Å². The Morgan fingerprint density at radius 3 is 2.43 bits per heavy atom. The molecule has 6 nitrogen and oxygen atoms in total. The first kappa shape index (κ1) is 18.4. The molecular weight excluding hydrogens is 300 g/mol. The van der Waals surface area contributed by atoms with E-state index in [1.807, 2.05) is 0 Å². The van der Waals surface area contributed by atoms with E-state index in [-0.39, 0.29) is 24.2 Å². The molecule has 0 aliphatic heterocycles. The second kappa shape index (κ2) is 9.35. The summed E-state index contributed by atoms with van der Waals surface area (Å²) >= 11 is 0. The molecule has 0 radical (unpaired) electrons. The van der Waals surface area contributed by atoms with Crippen LogP contribution in [0, 0.1) is 0 Å². The highest BCUT2D eigenvalue weighted by Crippen LogP contribution is 2.13. The minimum Gasteiger partial charge on any atom is -0.457 e. The molecule has 0 spiro atoms. The molecule has 0 aliphatic carbocycles. The summed E-state index contributed by atoms with van der Waals surface area (Å²) < 4.78 is 15.0. The smallest absolute Gasteiger partial charge is 0.340 e. The third kappa shape index (κ3) is 6.30. The molecule has 1 atom stereocenters. The molecule has 0 bridgehead atoms. The monoisotopic (exact) mass is 318 g/mol. The first-order valence-electron chi connectivity index (χ1n) is 6.83. The van der Waals surface area contributed by atoms with Crippen LogP contribution >= 0.6 is 0 Å². The molecule has 1 aromatic rings. The lowest BCUT2D eigenvalue weighted by molar-refractivity contribution is -0.145. The standard InChI is InChI=1S/C17H18O6/c1-12(2)16(19)22-11-13(10-18)9-15(21-3)17(20)23-14-7-5-4-6-8-14/h4-8,15H,1,9,11H2,2-3H3. The van der Waals surface area contributed by atoms with E-state index >= 15 is 0 Å². The largest absolute Gasteiger partial charge is 0.457 e. The van der Waals surface area contributed by atoms with Crippen LogP contribution in [0.3, 0.4) is 0 Å². The average Bonchev–Trinajstić information content (AvgIpc) is 2.55. The molecule has 1 rings (SSSR count). The van der Waals surface area contributed by atoms with Gasteiger partial charge in [0.05, 0.1) is 5.57 Å². The van der Waals surface area contributed by atoms with Crippen molar-refractivity contribution >= 4 is 17.9 Å². The molecule has 0 amide bonds. The predicted molar refractivity (Wildman–Crippen MR) is 82.5 cm³/mol. The van der Waals surface area contributed by atoms with E-state index in [4.69, 9.17) is 14.2 Å². The van der Waals surface area contributed by atoms with Crippen molar-refractivity contribution in [3.8, 4) is 5.75 Å². The van der Waals surface area contributed by atoms with Crippen molar-refractivity contribution in [3.05, 3.63) is 48.1 Å². The summed E-state index contributed by atoms with van der Waals surface area (Å²) in [7, 11) is 1.32. The Bertz CT molecular complexity index is 613. The zero-order chi connectivity index (χ0) is 17.2. The van der Waals surface area contributed by atoms with Gasteiger partial charge in [-0.1, -0.05) is 24.8 Å². The van der Waals surface area contributed by atoms with Crippen molar-refractivity contribution in [2.75, 3.05) is 13.7 Å². The van der Waals surface area contributed by atoms with Crippen molar-refractivity contribution in [1.82, 2.24) is 0 Å². The van der Waals surface area contributed by atoms with Gasteiger partial charge < -0.3 is 14.2 Å². The first-order chi connectivity index (χ1) is 11.0. The molecule has 0 aliphatic rings. The fourth-order valence-corrected chi connectivity index (χ4v) is 1.56. The van der Waals surface area contributed by atoms with Crippen molar-refractivity contribution in [1.29, 1.82) is 0 Å². The van der Waals surface area contributed by atoms with Crippen LogP contribution in [0.15, 0.2) is 48.1 Å². The van der Waals surface area contributed by atoms with E-state index in [0.717, 1.165) is 0 Å². The molecule has 0 saturated carbocycles. The van der Waals surface area contributed by atoms with Gasteiger partial charge in [0.15, 0.2) is 6.10 Å². The van der Waals surface area contributed by atoms with Gasteiger partial charge >= 0.3 is 11.9 Å². The van der Waals surface area contributed by atoms with Crippen LogP contribution in [0.4, 0.5) is 0 Å². The number of rotatable bonds is 8. The second-order valence-corrected chi connectivity index (χ2v) is 4.72. The zero-order valence-corrected chi connectivity index (χ0v) is 13.0. The lowest BCUT2D eigenvalue weighted by Crippen LogP contribution is -2.29. The molecule has 23 heavy (non-hydrogen) atoms. The Morgan fingerprint density at radius 2 is 1.91 bits per heavy atom. The Morgan fingerprint density at radius 1 is 1.26 bits per heavy atom. The summed E-state index contributed by atoms with van der Waals surface area (Å²) in [6, 6.07) is 8.47. The molecule has 0 heterocycles. The summed E-state index contributed by atoms with van der Waals surface area (Å²) in [6.45, 7) is 4.63. The molecule has 1 aromatic carbocycles. The summed E-state index contributed by atoms with van der Waals surface area (Å²) in [5.74, 6) is 0.736. The van der Waals surface area contributed by atoms with E-state index in [1.54, 1.807) is 36.3 Å². The summed E-state index contributed by atoms with van der Waals surface area (Å²) in [4.78, 5) is 34.3.